The fourth-order valence-corrected chi connectivity index (χ4v) is 3.29. The van der Waals surface area contributed by atoms with Crippen LogP contribution in [0.5, 0.6) is 5.75 Å². The highest BCUT2D eigenvalue weighted by molar-refractivity contribution is 5.79. The van der Waals surface area contributed by atoms with Crippen LogP contribution >= 0.6 is 0 Å². The molecular weight excluding hydrogens is 316 g/mol. The fraction of sp³-hybridized carbons (Fsp3) is 0.500. The van der Waals surface area contributed by atoms with E-state index in [2.05, 4.69) is 24.2 Å². The Kier molecular flexibility index (Phi) is 5.41. The number of hydrogen-bond donors (Lipinski definition) is 0. The summed E-state index contributed by atoms with van der Waals surface area (Å²) in [5, 5.41) is 3.92. The zero-order chi connectivity index (χ0) is 17.8. The van der Waals surface area contributed by atoms with Gasteiger partial charge in [-0.1, -0.05) is 22.9 Å². The molecule has 1 aliphatic rings. The van der Waals surface area contributed by atoms with Crippen molar-refractivity contribution in [2.24, 2.45) is 5.92 Å². The van der Waals surface area contributed by atoms with Crippen LogP contribution in [0.15, 0.2) is 28.8 Å². The van der Waals surface area contributed by atoms with Crippen LogP contribution in [0, 0.1) is 26.7 Å². The number of carbonyl (C=O) groups excluding carboxylic acids is 1. The van der Waals surface area contributed by atoms with Gasteiger partial charge in [0.15, 0.2) is 0 Å². The topological polar surface area (TPSA) is 55.6 Å². The minimum atomic E-state index is 0.163. The number of aromatic nitrogens is 1. The highest BCUT2D eigenvalue weighted by Crippen LogP contribution is 2.22. The first-order valence-corrected chi connectivity index (χ1v) is 8.92. The number of carbonyl (C=O) groups is 1. The normalized spacial score (nSPS) is 17.1. The van der Waals surface area contributed by atoms with E-state index < -0.39 is 0 Å². The Balaban J connectivity index is 1.43. The van der Waals surface area contributed by atoms with Gasteiger partial charge in [0.05, 0.1) is 18.7 Å². The largest absolute Gasteiger partial charge is 0.494 e. The zero-order valence-corrected chi connectivity index (χ0v) is 15.2. The van der Waals surface area contributed by atoms with E-state index in [-0.39, 0.29) is 5.91 Å². The van der Waals surface area contributed by atoms with Crippen molar-refractivity contribution in [2.45, 2.75) is 40.0 Å². The van der Waals surface area contributed by atoms with Crippen molar-refractivity contribution >= 4 is 5.91 Å². The summed E-state index contributed by atoms with van der Waals surface area (Å²) in [5.41, 5.74) is 2.97. The van der Waals surface area contributed by atoms with Crippen molar-refractivity contribution in [2.75, 3.05) is 19.7 Å². The number of likely N-dealkylation sites (tertiary alicyclic amines) is 1. The van der Waals surface area contributed by atoms with Crippen LogP contribution in [0.4, 0.5) is 0 Å². The van der Waals surface area contributed by atoms with Gasteiger partial charge in [-0.05, 0) is 51.7 Å². The number of benzene rings is 1. The highest BCUT2D eigenvalue weighted by atomic mass is 16.5. The molecule has 0 N–H and O–H groups in total. The van der Waals surface area contributed by atoms with Crippen molar-refractivity contribution in [3.8, 4) is 5.75 Å². The number of amides is 1. The van der Waals surface area contributed by atoms with Crippen molar-refractivity contribution in [1.82, 2.24) is 10.1 Å². The maximum Gasteiger partial charge on any atom is 0.227 e. The predicted octanol–water partition coefficient (Wildman–Crippen LogP) is 3.46. The third kappa shape index (κ3) is 4.41. The van der Waals surface area contributed by atoms with E-state index in [0.717, 1.165) is 48.7 Å². The first-order chi connectivity index (χ1) is 12.0. The third-order valence-electron chi connectivity index (χ3n) is 4.96. The molecule has 1 aliphatic heterocycles. The van der Waals surface area contributed by atoms with Gasteiger partial charge in [-0.15, -0.1) is 0 Å². The van der Waals surface area contributed by atoms with E-state index >= 15 is 0 Å². The summed E-state index contributed by atoms with van der Waals surface area (Å²) >= 11 is 0. The number of rotatable bonds is 6. The van der Waals surface area contributed by atoms with E-state index in [0.29, 0.717) is 18.9 Å². The second-order valence-electron chi connectivity index (χ2n) is 6.92. The molecule has 0 bridgehead atoms. The van der Waals surface area contributed by atoms with Crippen LogP contribution in [0.2, 0.25) is 0 Å². The van der Waals surface area contributed by atoms with Gasteiger partial charge in [-0.3, -0.25) is 4.79 Å². The monoisotopic (exact) mass is 342 g/mol. The number of aryl methyl sites for hydroxylation is 3. The molecule has 0 saturated carbocycles. The van der Waals surface area contributed by atoms with E-state index in [4.69, 9.17) is 9.26 Å². The molecule has 5 heteroatoms. The van der Waals surface area contributed by atoms with Crippen LogP contribution in [-0.2, 0) is 11.2 Å². The molecular formula is C20H26N2O3. The van der Waals surface area contributed by atoms with Gasteiger partial charge in [0, 0.05) is 18.7 Å². The Bertz CT molecular complexity index is 702. The molecule has 1 saturated heterocycles. The molecule has 1 amide bonds. The average Bonchev–Trinajstić information content (AvgIpc) is 3.19. The zero-order valence-electron chi connectivity index (χ0n) is 15.2. The molecule has 0 spiro atoms. The predicted molar refractivity (Wildman–Crippen MR) is 95.7 cm³/mol. The van der Waals surface area contributed by atoms with Gasteiger partial charge in [0.2, 0.25) is 5.91 Å². The lowest BCUT2D eigenvalue weighted by Gasteiger charge is -2.16. The Morgan fingerprint density at radius 2 is 2.04 bits per heavy atom. The van der Waals surface area contributed by atoms with Crippen molar-refractivity contribution in [3.63, 3.8) is 0 Å². The van der Waals surface area contributed by atoms with E-state index in [1.165, 1.54) is 5.56 Å². The maximum absolute atomic E-state index is 12.5. The number of nitrogens with zero attached hydrogens (tertiary/aromatic N) is 2. The molecule has 1 fully saturated rings. The summed E-state index contributed by atoms with van der Waals surface area (Å²) in [7, 11) is 0. The standard InChI is InChI=1S/C20H26N2O3/c1-14-4-6-18(7-5-14)24-11-9-17-8-10-22(13-17)20(23)12-19-15(2)21-25-16(19)3/h4-7,17H,8-13H2,1-3H3. The Morgan fingerprint density at radius 1 is 1.28 bits per heavy atom. The Hall–Kier alpha value is -2.30. The molecule has 1 aromatic heterocycles. The molecule has 1 aromatic carbocycles. The molecule has 5 nitrogen and oxygen atoms in total. The lowest BCUT2D eigenvalue weighted by molar-refractivity contribution is -0.129. The summed E-state index contributed by atoms with van der Waals surface area (Å²) in [6.45, 7) is 8.15. The lowest BCUT2D eigenvalue weighted by Crippen LogP contribution is -2.30. The summed E-state index contributed by atoms with van der Waals surface area (Å²) in [4.78, 5) is 14.5. The van der Waals surface area contributed by atoms with E-state index in [1.54, 1.807) is 0 Å². The smallest absolute Gasteiger partial charge is 0.227 e. The number of ether oxygens (including phenoxy) is 1. The summed E-state index contributed by atoms with van der Waals surface area (Å²) < 4.78 is 11.0. The van der Waals surface area contributed by atoms with E-state index in [1.807, 2.05) is 30.9 Å². The lowest BCUT2D eigenvalue weighted by atomic mass is 10.1. The average molecular weight is 342 g/mol. The molecule has 1 atom stereocenters. The van der Waals surface area contributed by atoms with E-state index in [9.17, 15) is 4.79 Å². The van der Waals surface area contributed by atoms with Gasteiger partial charge >= 0.3 is 0 Å². The summed E-state index contributed by atoms with van der Waals surface area (Å²) in [6.07, 6.45) is 2.40. The second kappa shape index (κ2) is 7.72. The minimum Gasteiger partial charge on any atom is -0.494 e. The molecule has 1 unspecified atom stereocenters. The van der Waals surface area contributed by atoms with Gasteiger partial charge in [-0.2, -0.15) is 0 Å². The van der Waals surface area contributed by atoms with Gasteiger partial charge in [-0.25, -0.2) is 0 Å². The van der Waals surface area contributed by atoms with Crippen molar-refractivity contribution in [3.05, 3.63) is 46.8 Å². The highest BCUT2D eigenvalue weighted by Gasteiger charge is 2.27. The molecule has 3 rings (SSSR count). The first-order valence-electron chi connectivity index (χ1n) is 8.92. The van der Waals surface area contributed by atoms with Crippen molar-refractivity contribution in [1.29, 1.82) is 0 Å². The summed E-state index contributed by atoms with van der Waals surface area (Å²) in [6, 6.07) is 8.12. The van der Waals surface area contributed by atoms with Crippen LogP contribution in [0.1, 0.15) is 35.4 Å². The SMILES string of the molecule is Cc1ccc(OCCC2CCN(C(=O)Cc3c(C)noc3C)C2)cc1. The third-order valence-corrected chi connectivity index (χ3v) is 4.96. The fourth-order valence-electron chi connectivity index (χ4n) is 3.29. The summed E-state index contributed by atoms with van der Waals surface area (Å²) in [5.74, 6) is 2.33. The molecule has 2 heterocycles. The number of hydrogen-bond acceptors (Lipinski definition) is 4. The molecule has 134 valence electrons. The minimum absolute atomic E-state index is 0.163. The van der Waals surface area contributed by atoms with Crippen LogP contribution in [-0.4, -0.2) is 35.7 Å². The first kappa shape index (κ1) is 17.5. The van der Waals surface area contributed by atoms with Gasteiger partial charge in [0.25, 0.3) is 0 Å². The van der Waals surface area contributed by atoms with Gasteiger partial charge < -0.3 is 14.2 Å². The second-order valence-corrected chi connectivity index (χ2v) is 6.92. The molecule has 0 aliphatic carbocycles. The maximum atomic E-state index is 12.5. The van der Waals surface area contributed by atoms with Crippen molar-refractivity contribution < 1.29 is 14.1 Å². The van der Waals surface area contributed by atoms with Crippen LogP contribution in [0.25, 0.3) is 0 Å². The quantitative estimate of drug-likeness (QED) is 0.807. The van der Waals surface area contributed by atoms with Crippen LogP contribution in [0.3, 0.4) is 0 Å². The van der Waals surface area contributed by atoms with Gasteiger partial charge in [0.1, 0.15) is 11.5 Å². The molecule has 2 aromatic rings. The van der Waals surface area contributed by atoms with Crippen LogP contribution < -0.4 is 4.74 Å². The molecule has 0 radical (unpaired) electrons. The Morgan fingerprint density at radius 3 is 2.72 bits per heavy atom. The Labute approximate surface area is 148 Å². The molecule has 25 heavy (non-hydrogen) atoms.